The van der Waals surface area contributed by atoms with Gasteiger partial charge in [0.2, 0.25) is 0 Å². The Morgan fingerprint density at radius 2 is 2.20 bits per heavy atom. The number of hydrogen-bond donors (Lipinski definition) is 0. The lowest BCUT2D eigenvalue weighted by Crippen LogP contribution is -2.06. The van der Waals surface area contributed by atoms with Gasteiger partial charge in [-0.25, -0.2) is 0 Å². The molecule has 2 aliphatic rings. The second kappa shape index (κ2) is 2.06. The van der Waals surface area contributed by atoms with Gasteiger partial charge in [-0.05, 0) is 12.2 Å². The molecule has 0 spiro atoms. The minimum absolute atomic E-state index is 1.06. The molecule has 0 amide bonds. The summed E-state index contributed by atoms with van der Waals surface area (Å²) in [5, 5.41) is 1.71. The summed E-state index contributed by atoms with van der Waals surface area (Å²) in [6.45, 7) is 0. The van der Waals surface area contributed by atoms with Crippen molar-refractivity contribution in [2.24, 2.45) is 0 Å². The van der Waals surface area contributed by atoms with Crippen LogP contribution in [-0.2, 0) is 4.84 Å². The smallest absolute Gasteiger partial charge is 0.122 e. The van der Waals surface area contributed by atoms with Crippen LogP contribution < -0.4 is 0 Å². The molecule has 0 N–H and O–H groups in total. The Kier molecular flexibility index (Phi) is 1.10. The number of hydrogen-bond acceptors (Lipinski definition) is 2. The van der Waals surface area contributed by atoms with E-state index in [2.05, 4.69) is 0 Å². The molecule has 0 radical (unpaired) electrons. The first-order valence-electron chi connectivity index (χ1n) is 3.14. The molecule has 50 valence electrons. The highest BCUT2D eigenvalue weighted by molar-refractivity contribution is 5.29. The average molecular weight is 133 g/mol. The molecule has 0 aliphatic carbocycles. The van der Waals surface area contributed by atoms with Gasteiger partial charge in [0.05, 0.1) is 5.70 Å². The van der Waals surface area contributed by atoms with E-state index in [0.29, 0.717) is 0 Å². The van der Waals surface area contributed by atoms with Gasteiger partial charge in [-0.1, -0.05) is 12.2 Å². The van der Waals surface area contributed by atoms with Crippen molar-refractivity contribution in [3.05, 3.63) is 48.5 Å². The van der Waals surface area contributed by atoms with Crippen molar-refractivity contribution in [2.45, 2.75) is 0 Å². The van der Waals surface area contributed by atoms with Crippen LogP contribution in [0, 0.1) is 0 Å². The minimum Gasteiger partial charge on any atom is -0.383 e. The van der Waals surface area contributed by atoms with Gasteiger partial charge in [0, 0.05) is 12.3 Å². The summed E-state index contributed by atoms with van der Waals surface area (Å²) in [7, 11) is 0. The number of rotatable bonds is 0. The lowest BCUT2D eigenvalue weighted by molar-refractivity contribution is -0.00154. The van der Waals surface area contributed by atoms with Crippen LogP contribution in [0.25, 0.3) is 0 Å². The Balaban J connectivity index is 2.36. The summed E-state index contributed by atoms with van der Waals surface area (Å²) >= 11 is 0. The summed E-state index contributed by atoms with van der Waals surface area (Å²) in [5.41, 5.74) is 1.06. The van der Waals surface area contributed by atoms with Crippen LogP contribution in [0.15, 0.2) is 48.5 Å². The molecular formula is C8H7NO. The van der Waals surface area contributed by atoms with E-state index in [1.165, 1.54) is 0 Å². The Morgan fingerprint density at radius 1 is 1.20 bits per heavy atom. The summed E-state index contributed by atoms with van der Waals surface area (Å²) in [4.78, 5) is 5.09. The summed E-state index contributed by atoms with van der Waals surface area (Å²) in [5.74, 6) is 0. The molecule has 2 heteroatoms. The molecule has 2 heterocycles. The Labute approximate surface area is 59.4 Å². The van der Waals surface area contributed by atoms with Crippen molar-refractivity contribution < 1.29 is 4.84 Å². The van der Waals surface area contributed by atoms with Crippen LogP contribution in [0.1, 0.15) is 0 Å². The van der Waals surface area contributed by atoms with Gasteiger partial charge in [0.25, 0.3) is 0 Å². The Hall–Kier alpha value is -1.44. The predicted octanol–water partition coefficient (Wildman–Crippen LogP) is 1.71. The van der Waals surface area contributed by atoms with Crippen molar-refractivity contribution in [1.29, 1.82) is 0 Å². The fourth-order valence-electron chi connectivity index (χ4n) is 0.896. The molecule has 2 aliphatic heterocycles. The molecule has 0 aromatic rings. The van der Waals surface area contributed by atoms with E-state index in [1.807, 2.05) is 36.6 Å². The summed E-state index contributed by atoms with van der Waals surface area (Å²) < 4.78 is 0. The van der Waals surface area contributed by atoms with Crippen molar-refractivity contribution in [2.75, 3.05) is 0 Å². The summed E-state index contributed by atoms with van der Waals surface area (Å²) in [6, 6.07) is 0. The van der Waals surface area contributed by atoms with Crippen molar-refractivity contribution in [3.63, 3.8) is 0 Å². The van der Waals surface area contributed by atoms with E-state index in [0.717, 1.165) is 5.70 Å². The normalized spacial score (nSPS) is 20.0. The molecule has 0 bridgehead atoms. The van der Waals surface area contributed by atoms with Gasteiger partial charge < -0.3 is 4.84 Å². The quantitative estimate of drug-likeness (QED) is 0.498. The monoisotopic (exact) mass is 133 g/mol. The fourth-order valence-corrected chi connectivity index (χ4v) is 0.896. The third kappa shape index (κ3) is 0.739. The van der Waals surface area contributed by atoms with Gasteiger partial charge in [0.1, 0.15) is 6.26 Å². The van der Waals surface area contributed by atoms with Crippen LogP contribution in [0.4, 0.5) is 0 Å². The van der Waals surface area contributed by atoms with Crippen molar-refractivity contribution >= 4 is 0 Å². The molecule has 2 rings (SSSR count). The zero-order valence-electron chi connectivity index (χ0n) is 5.40. The molecule has 10 heavy (non-hydrogen) atoms. The van der Waals surface area contributed by atoms with E-state index < -0.39 is 0 Å². The minimum atomic E-state index is 1.06. The van der Waals surface area contributed by atoms with Crippen molar-refractivity contribution in [3.8, 4) is 0 Å². The lowest BCUT2D eigenvalue weighted by atomic mass is 10.4. The van der Waals surface area contributed by atoms with Crippen LogP contribution in [0.3, 0.4) is 0 Å². The van der Waals surface area contributed by atoms with E-state index in [9.17, 15) is 0 Å². The molecule has 0 saturated carbocycles. The highest BCUT2D eigenvalue weighted by atomic mass is 16.7. The van der Waals surface area contributed by atoms with Crippen LogP contribution in [0.2, 0.25) is 0 Å². The van der Waals surface area contributed by atoms with Crippen LogP contribution in [0.5, 0.6) is 0 Å². The summed E-state index contributed by atoms with van der Waals surface area (Å²) in [6.07, 6.45) is 13.3. The first-order valence-corrected chi connectivity index (χ1v) is 3.14. The third-order valence-electron chi connectivity index (χ3n) is 1.38. The maximum Gasteiger partial charge on any atom is 0.122 e. The molecule has 0 fully saturated rings. The fraction of sp³-hybridized carbons (Fsp3) is 0. The molecule has 0 aromatic heterocycles. The van der Waals surface area contributed by atoms with Gasteiger partial charge in [-0.2, -0.15) is 5.06 Å². The highest BCUT2D eigenvalue weighted by Crippen LogP contribution is 2.16. The maximum absolute atomic E-state index is 5.09. The van der Waals surface area contributed by atoms with Crippen LogP contribution in [-0.4, -0.2) is 5.06 Å². The first-order chi connectivity index (χ1) is 4.97. The number of fused-ring (bicyclic) bond motifs is 1. The third-order valence-corrected chi connectivity index (χ3v) is 1.38. The van der Waals surface area contributed by atoms with Gasteiger partial charge >= 0.3 is 0 Å². The second-order valence-electron chi connectivity index (χ2n) is 2.05. The number of nitrogens with zero attached hydrogens (tertiary/aromatic N) is 1. The predicted molar refractivity (Wildman–Crippen MR) is 38.4 cm³/mol. The van der Waals surface area contributed by atoms with E-state index in [4.69, 9.17) is 4.84 Å². The second-order valence-corrected chi connectivity index (χ2v) is 2.05. The van der Waals surface area contributed by atoms with Gasteiger partial charge in [-0.3, -0.25) is 0 Å². The Morgan fingerprint density at radius 3 is 3.20 bits per heavy atom. The lowest BCUT2D eigenvalue weighted by Gasteiger charge is -2.10. The zero-order chi connectivity index (χ0) is 6.81. The average Bonchev–Trinajstić information content (AvgIpc) is 2.28. The SMILES string of the molecule is C1=CC=C2C=CON2C=C1. The van der Waals surface area contributed by atoms with E-state index in [-0.39, 0.29) is 0 Å². The van der Waals surface area contributed by atoms with E-state index in [1.54, 1.807) is 11.3 Å². The zero-order valence-corrected chi connectivity index (χ0v) is 5.40. The van der Waals surface area contributed by atoms with Crippen molar-refractivity contribution in [1.82, 2.24) is 5.06 Å². The standard InChI is InChI=1S/C8H7NO/c1-2-4-8-5-7-10-9(8)6-3-1/h1-7H. The highest BCUT2D eigenvalue weighted by Gasteiger charge is 2.08. The van der Waals surface area contributed by atoms with Gasteiger partial charge in [-0.15, -0.1) is 0 Å². The maximum atomic E-state index is 5.09. The molecule has 0 unspecified atom stereocenters. The molecular weight excluding hydrogens is 126 g/mol. The van der Waals surface area contributed by atoms with Crippen LogP contribution >= 0.6 is 0 Å². The molecule has 0 saturated heterocycles. The number of allylic oxidation sites excluding steroid dienone is 5. The molecule has 2 nitrogen and oxygen atoms in total. The van der Waals surface area contributed by atoms with E-state index >= 15 is 0 Å². The topological polar surface area (TPSA) is 12.5 Å². The molecule has 0 aromatic carbocycles. The largest absolute Gasteiger partial charge is 0.383 e. The Bertz CT molecular complexity index is 248. The van der Waals surface area contributed by atoms with Gasteiger partial charge in [0.15, 0.2) is 0 Å². The number of hydroxylamine groups is 2. The first kappa shape index (κ1) is 5.35. The molecule has 0 atom stereocenters.